The van der Waals surface area contributed by atoms with Crippen LogP contribution in [0.2, 0.25) is 5.02 Å². The molecule has 0 amide bonds. The van der Waals surface area contributed by atoms with Crippen molar-refractivity contribution in [2.75, 3.05) is 4.93 Å². The summed E-state index contributed by atoms with van der Waals surface area (Å²) in [4.78, 5) is 7.66. The molecule has 1 heterocycles. The average molecular weight is 381 g/mol. The fraction of sp³-hybridized carbons (Fsp3) is 0.250. The molecule has 5 heteroatoms. The molecule has 2 aromatic rings. The summed E-state index contributed by atoms with van der Waals surface area (Å²) in [5.41, 5.74) is 0. The van der Waals surface area contributed by atoms with Gasteiger partial charge in [0, 0.05) is 0 Å². The van der Waals surface area contributed by atoms with Gasteiger partial charge in [-0.1, -0.05) is 0 Å². The van der Waals surface area contributed by atoms with Crippen LogP contribution < -0.4 is 25.9 Å². The number of benzene rings is 1. The standard InChI is InChI=1S/C12H12ClINOS/c1-8-6-15-12(17-8)7-16-11-4-3-9(14-2)5-10(11)13/h3-6H,7H2,1-2H3/q-1. The van der Waals surface area contributed by atoms with E-state index in [0.29, 0.717) is 11.6 Å². The van der Waals surface area contributed by atoms with Crippen molar-refractivity contribution in [3.8, 4) is 5.75 Å². The predicted molar refractivity (Wildman–Crippen MR) is 67.3 cm³/mol. The molecule has 0 saturated heterocycles. The van der Waals surface area contributed by atoms with Crippen LogP contribution in [0.5, 0.6) is 5.75 Å². The minimum atomic E-state index is 0.0785. The van der Waals surface area contributed by atoms with E-state index >= 15 is 0 Å². The normalized spacial score (nSPS) is 10.8. The van der Waals surface area contributed by atoms with Crippen molar-refractivity contribution in [2.24, 2.45) is 0 Å². The number of nitrogens with zero attached hydrogens (tertiary/aromatic N) is 1. The van der Waals surface area contributed by atoms with E-state index < -0.39 is 0 Å². The number of ether oxygens (including phenoxy) is 1. The third kappa shape index (κ3) is 3.56. The summed E-state index contributed by atoms with van der Waals surface area (Å²) in [5, 5.41) is 1.67. The molecule has 0 spiro atoms. The van der Waals surface area contributed by atoms with Crippen molar-refractivity contribution in [1.82, 2.24) is 4.98 Å². The molecule has 2 nitrogen and oxygen atoms in total. The molecule has 0 aliphatic heterocycles. The summed E-state index contributed by atoms with van der Waals surface area (Å²) >= 11 is 7.88. The van der Waals surface area contributed by atoms with E-state index in [4.69, 9.17) is 16.3 Å². The first kappa shape index (κ1) is 13.1. The second-order valence-corrected chi connectivity index (χ2v) is 7.47. The molecule has 0 saturated carbocycles. The zero-order valence-electron chi connectivity index (χ0n) is 9.54. The molecule has 0 N–H and O–H groups in total. The first-order valence-electron chi connectivity index (χ1n) is 5.02. The number of hydrogen-bond donors (Lipinski definition) is 0. The first-order valence-corrected chi connectivity index (χ1v) is 9.45. The Kier molecular flexibility index (Phi) is 4.64. The third-order valence-electron chi connectivity index (χ3n) is 2.13. The van der Waals surface area contributed by atoms with Crippen LogP contribution in [0.15, 0.2) is 24.4 Å². The minimum absolute atomic E-state index is 0.0785. The molecule has 0 unspecified atom stereocenters. The number of hydrogen-bond acceptors (Lipinski definition) is 3. The molecule has 0 aliphatic carbocycles. The average Bonchev–Trinajstić information content (AvgIpc) is 2.73. The van der Waals surface area contributed by atoms with E-state index in [9.17, 15) is 0 Å². The number of aryl methyl sites for hydroxylation is 1. The Labute approximate surface area is 120 Å². The van der Waals surface area contributed by atoms with Crippen molar-refractivity contribution in [1.29, 1.82) is 0 Å². The fourth-order valence-corrected chi connectivity index (χ4v) is 3.60. The second-order valence-electron chi connectivity index (χ2n) is 3.42. The van der Waals surface area contributed by atoms with Gasteiger partial charge in [-0.15, -0.1) is 0 Å². The molecule has 17 heavy (non-hydrogen) atoms. The molecule has 0 atom stereocenters. The zero-order valence-corrected chi connectivity index (χ0v) is 13.3. The Morgan fingerprint density at radius 3 is 2.88 bits per heavy atom. The summed E-state index contributed by atoms with van der Waals surface area (Å²) in [6, 6.07) is 6.03. The molecular formula is C12H12ClINOS-. The quantitative estimate of drug-likeness (QED) is 0.572. The molecule has 1 aromatic heterocycles. The van der Waals surface area contributed by atoms with Gasteiger partial charge in [0.05, 0.1) is 0 Å². The van der Waals surface area contributed by atoms with Crippen LogP contribution in [0.3, 0.4) is 0 Å². The van der Waals surface area contributed by atoms with Gasteiger partial charge in [0.2, 0.25) is 0 Å². The molecule has 0 bridgehead atoms. The van der Waals surface area contributed by atoms with Gasteiger partial charge in [0.25, 0.3) is 0 Å². The SMILES string of the molecule is C[I-]c1ccc(OCc2ncc(C)s2)c(Cl)c1. The Hall–Kier alpha value is -0.330. The van der Waals surface area contributed by atoms with Gasteiger partial charge in [-0.25, -0.2) is 0 Å². The molecule has 0 fully saturated rings. The third-order valence-corrected chi connectivity index (χ3v) is 5.23. The number of halogens is 2. The number of rotatable bonds is 4. The van der Waals surface area contributed by atoms with Gasteiger partial charge in [0.1, 0.15) is 0 Å². The number of alkyl halides is 1. The molecular weight excluding hydrogens is 369 g/mol. The van der Waals surface area contributed by atoms with Crippen molar-refractivity contribution < 1.29 is 25.9 Å². The summed E-state index contributed by atoms with van der Waals surface area (Å²) in [6.07, 6.45) is 1.86. The van der Waals surface area contributed by atoms with Crippen molar-refractivity contribution in [3.63, 3.8) is 0 Å². The molecule has 0 radical (unpaired) electrons. The predicted octanol–water partition coefficient (Wildman–Crippen LogP) is 0.572. The summed E-state index contributed by atoms with van der Waals surface area (Å²) in [6.45, 7) is 2.52. The molecule has 2 rings (SSSR count). The maximum absolute atomic E-state index is 6.16. The monoisotopic (exact) mass is 380 g/mol. The van der Waals surface area contributed by atoms with Crippen LogP contribution in [0.4, 0.5) is 0 Å². The van der Waals surface area contributed by atoms with E-state index in [1.54, 1.807) is 11.3 Å². The van der Waals surface area contributed by atoms with Crippen LogP contribution >= 0.6 is 22.9 Å². The van der Waals surface area contributed by atoms with E-state index in [-0.39, 0.29) is 21.2 Å². The molecule has 0 aliphatic rings. The van der Waals surface area contributed by atoms with Crippen LogP contribution in [0, 0.1) is 10.5 Å². The topological polar surface area (TPSA) is 22.1 Å². The van der Waals surface area contributed by atoms with E-state index in [1.165, 1.54) is 8.45 Å². The molecule has 1 aromatic carbocycles. The summed E-state index contributed by atoms with van der Waals surface area (Å²) in [7, 11) is 0. The van der Waals surface area contributed by atoms with Gasteiger partial charge in [-0.05, 0) is 0 Å². The van der Waals surface area contributed by atoms with Crippen LogP contribution in [-0.2, 0) is 6.61 Å². The number of thiazole rings is 1. The zero-order chi connectivity index (χ0) is 12.3. The Bertz CT molecular complexity index is 515. The fourth-order valence-electron chi connectivity index (χ4n) is 1.32. The van der Waals surface area contributed by atoms with Gasteiger partial charge >= 0.3 is 121 Å². The van der Waals surface area contributed by atoms with Gasteiger partial charge in [0.15, 0.2) is 0 Å². The van der Waals surface area contributed by atoms with Gasteiger partial charge in [-0.3, -0.25) is 0 Å². The van der Waals surface area contributed by atoms with E-state index in [0.717, 1.165) is 10.8 Å². The van der Waals surface area contributed by atoms with Crippen LogP contribution in [0.25, 0.3) is 0 Å². The van der Waals surface area contributed by atoms with E-state index in [2.05, 4.69) is 16.0 Å². The Morgan fingerprint density at radius 2 is 2.29 bits per heavy atom. The Balaban J connectivity index is 2.04. The van der Waals surface area contributed by atoms with Crippen molar-refractivity contribution in [3.05, 3.63) is 42.9 Å². The summed E-state index contributed by atoms with van der Waals surface area (Å²) in [5.74, 6) is 0.737. The Morgan fingerprint density at radius 1 is 1.47 bits per heavy atom. The van der Waals surface area contributed by atoms with Crippen LogP contribution in [0.1, 0.15) is 9.88 Å². The van der Waals surface area contributed by atoms with Gasteiger partial charge < -0.3 is 0 Å². The van der Waals surface area contributed by atoms with Crippen molar-refractivity contribution in [2.45, 2.75) is 13.5 Å². The summed E-state index contributed by atoms with van der Waals surface area (Å²) < 4.78 is 6.99. The second kappa shape index (κ2) is 6.02. The van der Waals surface area contributed by atoms with Crippen molar-refractivity contribution >= 4 is 22.9 Å². The van der Waals surface area contributed by atoms with E-state index in [1.807, 2.05) is 25.3 Å². The van der Waals surface area contributed by atoms with Gasteiger partial charge in [-0.2, -0.15) is 0 Å². The number of aromatic nitrogens is 1. The first-order chi connectivity index (χ1) is 8.19. The molecule has 92 valence electrons. The maximum atomic E-state index is 6.16. The van der Waals surface area contributed by atoms with Crippen LogP contribution in [-0.4, -0.2) is 9.91 Å².